The van der Waals surface area contributed by atoms with Gasteiger partial charge in [-0.2, -0.15) is 0 Å². The van der Waals surface area contributed by atoms with Crippen LogP contribution in [0.3, 0.4) is 0 Å². The van der Waals surface area contributed by atoms with Crippen LogP contribution in [0.2, 0.25) is 0 Å². The predicted molar refractivity (Wildman–Crippen MR) is 107 cm³/mol. The number of thiophene rings is 1. The summed E-state index contributed by atoms with van der Waals surface area (Å²) in [6.07, 6.45) is 5.30. The lowest BCUT2D eigenvalue weighted by molar-refractivity contribution is -0.137. The van der Waals surface area contributed by atoms with Crippen LogP contribution in [0.25, 0.3) is 16.0 Å². The second-order valence-electron chi connectivity index (χ2n) is 7.77. The topological polar surface area (TPSA) is 75.7 Å². The zero-order valence-electron chi connectivity index (χ0n) is 16.0. The van der Waals surface area contributed by atoms with Gasteiger partial charge >= 0.3 is 0 Å². The molecule has 1 atom stereocenters. The Morgan fingerprint density at radius 2 is 1.96 bits per heavy atom. The lowest BCUT2D eigenvalue weighted by Gasteiger charge is -2.36. The van der Waals surface area contributed by atoms with E-state index in [2.05, 4.69) is 15.1 Å². The standard InChI is InChI=1S/C19H24N6O2S/c1-22-18(27)16-13(7-11-28-16)25-15(20-21-19(22)25)12-24-10-3-2-6-14(24)17(26)23-8-4-5-9-23/h7,11,14H,2-6,8-10,12H2,1H3. The van der Waals surface area contributed by atoms with E-state index in [-0.39, 0.29) is 17.5 Å². The van der Waals surface area contributed by atoms with Crippen molar-refractivity contribution in [3.05, 3.63) is 27.6 Å². The third-order valence-corrected chi connectivity index (χ3v) is 6.95. The van der Waals surface area contributed by atoms with Gasteiger partial charge in [-0.1, -0.05) is 6.42 Å². The molecule has 3 aromatic rings. The third kappa shape index (κ3) is 2.76. The van der Waals surface area contributed by atoms with E-state index in [0.717, 1.165) is 63.1 Å². The summed E-state index contributed by atoms with van der Waals surface area (Å²) in [5.41, 5.74) is 0.805. The van der Waals surface area contributed by atoms with Gasteiger partial charge in [-0.15, -0.1) is 21.5 Å². The van der Waals surface area contributed by atoms with Crippen LogP contribution in [0.5, 0.6) is 0 Å². The van der Waals surface area contributed by atoms with Crippen molar-refractivity contribution in [1.82, 2.24) is 29.0 Å². The number of rotatable bonds is 3. The smallest absolute Gasteiger partial charge is 0.272 e. The van der Waals surface area contributed by atoms with Gasteiger partial charge < -0.3 is 4.90 Å². The fraction of sp³-hybridized carbons (Fsp3) is 0.579. The monoisotopic (exact) mass is 400 g/mol. The molecule has 1 unspecified atom stereocenters. The van der Waals surface area contributed by atoms with Gasteiger partial charge in [0.2, 0.25) is 11.7 Å². The summed E-state index contributed by atoms with van der Waals surface area (Å²) in [6.45, 7) is 3.22. The zero-order chi connectivity index (χ0) is 19.3. The molecule has 5 heterocycles. The van der Waals surface area contributed by atoms with Crippen LogP contribution in [0.15, 0.2) is 16.2 Å². The summed E-state index contributed by atoms with van der Waals surface area (Å²) >= 11 is 1.44. The Morgan fingerprint density at radius 1 is 1.18 bits per heavy atom. The van der Waals surface area contributed by atoms with Crippen molar-refractivity contribution in [3.8, 4) is 0 Å². The van der Waals surface area contributed by atoms with Gasteiger partial charge in [0.05, 0.1) is 18.1 Å². The summed E-state index contributed by atoms with van der Waals surface area (Å²) in [4.78, 5) is 29.9. The van der Waals surface area contributed by atoms with Gasteiger partial charge in [-0.05, 0) is 43.7 Å². The van der Waals surface area contributed by atoms with Gasteiger partial charge in [-0.3, -0.25) is 23.5 Å². The van der Waals surface area contributed by atoms with Crippen LogP contribution in [0.1, 0.15) is 37.9 Å². The van der Waals surface area contributed by atoms with E-state index in [1.165, 1.54) is 11.3 Å². The highest BCUT2D eigenvalue weighted by Gasteiger charge is 2.33. The number of amides is 1. The molecule has 0 saturated carbocycles. The molecule has 8 nitrogen and oxygen atoms in total. The number of hydrogen-bond acceptors (Lipinski definition) is 6. The number of carbonyl (C=O) groups excluding carboxylic acids is 1. The average Bonchev–Trinajstić information content (AvgIpc) is 3.46. The van der Waals surface area contributed by atoms with E-state index in [9.17, 15) is 9.59 Å². The first-order valence-electron chi connectivity index (χ1n) is 9.98. The highest BCUT2D eigenvalue weighted by atomic mass is 32.1. The molecular formula is C19H24N6O2S. The second kappa shape index (κ2) is 6.97. The molecule has 2 fully saturated rings. The highest BCUT2D eigenvalue weighted by Crippen LogP contribution is 2.24. The second-order valence-corrected chi connectivity index (χ2v) is 8.68. The maximum atomic E-state index is 13.1. The maximum absolute atomic E-state index is 13.1. The van der Waals surface area contributed by atoms with Gasteiger partial charge in [0.25, 0.3) is 5.56 Å². The minimum Gasteiger partial charge on any atom is -0.341 e. The fourth-order valence-electron chi connectivity index (χ4n) is 4.55. The summed E-state index contributed by atoms with van der Waals surface area (Å²) in [5.74, 6) is 1.60. The number of aromatic nitrogens is 4. The first-order chi connectivity index (χ1) is 13.6. The number of fused-ring (bicyclic) bond motifs is 3. The van der Waals surface area contributed by atoms with E-state index in [1.54, 1.807) is 11.6 Å². The predicted octanol–water partition coefficient (Wildman–Crippen LogP) is 1.62. The number of likely N-dealkylation sites (tertiary alicyclic amines) is 2. The third-order valence-electron chi connectivity index (χ3n) is 6.06. The Balaban J connectivity index is 1.52. The Morgan fingerprint density at radius 3 is 2.79 bits per heavy atom. The first-order valence-corrected chi connectivity index (χ1v) is 10.9. The van der Waals surface area contributed by atoms with Crippen LogP contribution < -0.4 is 5.56 Å². The first kappa shape index (κ1) is 17.8. The molecule has 5 rings (SSSR count). The average molecular weight is 401 g/mol. The van der Waals surface area contributed by atoms with Crippen LogP contribution in [0.4, 0.5) is 0 Å². The molecule has 0 N–H and O–H groups in total. The van der Waals surface area contributed by atoms with Crippen molar-refractivity contribution in [2.45, 2.75) is 44.7 Å². The Hall–Kier alpha value is -2.26. The Kier molecular flexibility index (Phi) is 4.43. The molecule has 9 heteroatoms. The van der Waals surface area contributed by atoms with Gasteiger partial charge in [-0.25, -0.2) is 0 Å². The van der Waals surface area contributed by atoms with E-state index in [1.807, 2.05) is 20.7 Å². The Bertz CT molecular complexity index is 1090. The summed E-state index contributed by atoms with van der Waals surface area (Å²) < 4.78 is 4.23. The SMILES string of the molecule is Cn1c(=O)c2sccc2n2c(CN3CCCCC3C(=O)N3CCCC3)nnc12. The van der Waals surface area contributed by atoms with Crippen molar-refractivity contribution in [1.29, 1.82) is 0 Å². The number of hydrogen-bond donors (Lipinski definition) is 0. The number of piperidine rings is 1. The van der Waals surface area contributed by atoms with Crippen molar-refractivity contribution in [2.75, 3.05) is 19.6 Å². The van der Waals surface area contributed by atoms with Crippen LogP contribution >= 0.6 is 11.3 Å². The van der Waals surface area contributed by atoms with Crippen molar-refractivity contribution < 1.29 is 4.79 Å². The number of aryl methyl sites for hydroxylation is 1. The normalized spacial score (nSPS) is 21.2. The maximum Gasteiger partial charge on any atom is 0.272 e. The molecule has 2 aliphatic heterocycles. The molecule has 2 aliphatic rings. The molecule has 28 heavy (non-hydrogen) atoms. The van der Waals surface area contributed by atoms with E-state index >= 15 is 0 Å². The van der Waals surface area contributed by atoms with Crippen molar-refractivity contribution in [3.63, 3.8) is 0 Å². The van der Waals surface area contributed by atoms with Crippen LogP contribution in [0, 0.1) is 0 Å². The molecule has 0 aromatic carbocycles. The van der Waals surface area contributed by atoms with Crippen molar-refractivity contribution >= 4 is 33.2 Å². The van der Waals surface area contributed by atoms with E-state index in [4.69, 9.17) is 0 Å². The summed E-state index contributed by atoms with van der Waals surface area (Å²) in [6, 6.07) is 1.87. The number of nitrogens with zero attached hydrogens (tertiary/aromatic N) is 6. The molecule has 1 amide bonds. The van der Waals surface area contributed by atoms with Crippen LogP contribution in [-0.4, -0.2) is 60.5 Å². The van der Waals surface area contributed by atoms with Gasteiger partial charge in [0.15, 0.2) is 5.82 Å². The van der Waals surface area contributed by atoms with Crippen molar-refractivity contribution in [2.24, 2.45) is 7.05 Å². The lowest BCUT2D eigenvalue weighted by atomic mass is 10.0. The molecule has 0 bridgehead atoms. The highest BCUT2D eigenvalue weighted by molar-refractivity contribution is 7.17. The Labute approximate surface area is 166 Å². The minimum absolute atomic E-state index is 0.0449. The molecule has 2 saturated heterocycles. The minimum atomic E-state index is -0.0790. The molecular weight excluding hydrogens is 376 g/mol. The van der Waals surface area contributed by atoms with Crippen LogP contribution in [-0.2, 0) is 18.4 Å². The number of carbonyl (C=O) groups is 1. The van der Waals surface area contributed by atoms with E-state index < -0.39 is 0 Å². The molecule has 0 radical (unpaired) electrons. The molecule has 0 spiro atoms. The summed E-state index contributed by atoms with van der Waals surface area (Å²) in [7, 11) is 1.73. The lowest BCUT2D eigenvalue weighted by Crippen LogP contribution is -2.50. The van der Waals surface area contributed by atoms with Gasteiger partial charge in [0, 0.05) is 20.1 Å². The summed E-state index contributed by atoms with van der Waals surface area (Å²) in [5, 5.41) is 10.6. The van der Waals surface area contributed by atoms with E-state index in [0.29, 0.717) is 17.0 Å². The fourth-order valence-corrected chi connectivity index (χ4v) is 5.40. The molecule has 0 aliphatic carbocycles. The quantitative estimate of drug-likeness (QED) is 0.668. The zero-order valence-corrected chi connectivity index (χ0v) is 16.8. The molecule has 3 aromatic heterocycles. The largest absolute Gasteiger partial charge is 0.341 e. The van der Waals surface area contributed by atoms with Gasteiger partial charge in [0.1, 0.15) is 4.70 Å². The molecule has 148 valence electrons.